The number of halogens is 1. The van der Waals surface area contributed by atoms with E-state index in [4.69, 9.17) is 0 Å². The van der Waals surface area contributed by atoms with E-state index < -0.39 is 0 Å². The van der Waals surface area contributed by atoms with Gasteiger partial charge in [0.15, 0.2) is 5.78 Å². The quantitative estimate of drug-likeness (QED) is 0.670. The number of hydrogen-bond donors (Lipinski definition) is 0. The topological polar surface area (TPSA) is 17.1 Å². The molecule has 0 aliphatic heterocycles. The van der Waals surface area contributed by atoms with Gasteiger partial charge in [-0.15, -0.1) is 11.3 Å². The van der Waals surface area contributed by atoms with Gasteiger partial charge in [-0.05, 0) is 27.9 Å². The summed E-state index contributed by atoms with van der Waals surface area (Å²) < 4.78 is 1.11. The van der Waals surface area contributed by atoms with Crippen LogP contribution >= 0.6 is 27.3 Å². The molecule has 0 spiro atoms. The third-order valence-corrected chi connectivity index (χ3v) is 4.07. The average molecular weight is 231 g/mol. The van der Waals surface area contributed by atoms with Gasteiger partial charge in [-0.3, -0.25) is 4.79 Å². The maximum absolute atomic E-state index is 11.4. The number of Topliss-reactive ketones (excluding diaryl/α,β-unsaturated/α-hetero) is 1. The zero-order chi connectivity index (χ0) is 8.01. The molecule has 1 nitrogen and oxygen atoms in total. The molecule has 0 aromatic carbocycles. The van der Waals surface area contributed by atoms with Gasteiger partial charge < -0.3 is 0 Å². The minimum atomic E-state index is 0.203. The highest BCUT2D eigenvalue weighted by Crippen LogP contribution is 2.36. The number of carbonyl (C=O) groups excluding carboxylic acids is 1. The highest BCUT2D eigenvalue weighted by molar-refractivity contribution is 9.10. The first-order valence-corrected chi connectivity index (χ1v) is 5.17. The zero-order valence-electron chi connectivity index (χ0n) is 6.06. The minimum absolute atomic E-state index is 0.203. The fourth-order valence-electron chi connectivity index (χ4n) is 1.38. The van der Waals surface area contributed by atoms with E-state index in [0.29, 0.717) is 5.78 Å². The maximum atomic E-state index is 11.4. The third-order valence-electron chi connectivity index (χ3n) is 2.02. The Bertz CT molecular complexity index is 316. The Hall–Kier alpha value is -0.150. The summed E-state index contributed by atoms with van der Waals surface area (Å²) in [6.45, 7) is 1.99. The highest BCUT2D eigenvalue weighted by atomic mass is 79.9. The first-order chi connectivity index (χ1) is 5.20. The molecule has 1 aliphatic rings. The number of ketones is 1. The summed E-state index contributed by atoms with van der Waals surface area (Å²) in [6, 6.07) is 0. The number of thiophene rings is 1. The molecule has 0 saturated heterocycles. The SMILES string of the molecule is CC1Cc2c(Br)csc2C1=O. The van der Waals surface area contributed by atoms with Crippen LogP contribution in [-0.4, -0.2) is 5.78 Å². The van der Waals surface area contributed by atoms with E-state index in [2.05, 4.69) is 15.9 Å². The molecule has 0 fully saturated rings. The monoisotopic (exact) mass is 230 g/mol. The molecule has 2 rings (SSSR count). The summed E-state index contributed by atoms with van der Waals surface area (Å²) in [7, 11) is 0. The lowest BCUT2D eigenvalue weighted by Crippen LogP contribution is -2.02. The summed E-state index contributed by atoms with van der Waals surface area (Å²) in [5.41, 5.74) is 1.22. The molecule has 0 saturated carbocycles. The van der Waals surface area contributed by atoms with E-state index in [1.807, 2.05) is 12.3 Å². The Morgan fingerprint density at radius 1 is 1.73 bits per heavy atom. The molecule has 0 radical (unpaired) electrons. The third kappa shape index (κ3) is 0.983. The fourth-order valence-corrected chi connectivity index (χ4v) is 3.17. The van der Waals surface area contributed by atoms with Crippen molar-refractivity contribution in [2.45, 2.75) is 13.3 Å². The number of hydrogen-bond acceptors (Lipinski definition) is 2. The Balaban J connectivity index is 2.56. The summed E-state index contributed by atoms with van der Waals surface area (Å²) >= 11 is 4.98. The van der Waals surface area contributed by atoms with Crippen LogP contribution in [0.1, 0.15) is 22.2 Å². The van der Waals surface area contributed by atoms with Crippen LogP contribution in [0, 0.1) is 5.92 Å². The molecule has 1 aromatic heterocycles. The molecule has 1 unspecified atom stereocenters. The van der Waals surface area contributed by atoms with Crippen LogP contribution in [0.4, 0.5) is 0 Å². The highest BCUT2D eigenvalue weighted by Gasteiger charge is 2.29. The van der Waals surface area contributed by atoms with Crippen LogP contribution in [0.2, 0.25) is 0 Å². The lowest BCUT2D eigenvalue weighted by molar-refractivity contribution is 0.0949. The summed E-state index contributed by atoms with van der Waals surface area (Å²) in [6.07, 6.45) is 0.915. The van der Waals surface area contributed by atoms with Crippen LogP contribution in [-0.2, 0) is 6.42 Å². The summed E-state index contributed by atoms with van der Waals surface area (Å²) in [5.74, 6) is 0.518. The van der Waals surface area contributed by atoms with E-state index in [-0.39, 0.29) is 5.92 Å². The van der Waals surface area contributed by atoms with Crippen LogP contribution in [0.3, 0.4) is 0 Å². The number of carbonyl (C=O) groups is 1. The average Bonchev–Trinajstić information content (AvgIpc) is 2.43. The van der Waals surface area contributed by atoms with E-state index >= 15 is 0 Å². The lowest BCUT2D eigenvalue weighted by atomic mass is 10.1. The molecule has 1 heterocycles. The Kier molecular flexibility index (Phi) is 1.65. The normalized spacial score (nSPS) is 22.4. The molecule has 1 aromatic rings. The predicted molar refractivity (Wildman–Crippen MR) is 49.2 cm³/mol. The van der Waals surface area contributed by atoms with Gasteiger partial charge in [-0.25, -0.2) is 0 Å². The van der Waals surface area contributed by atoms with Gasteiger partial charge in [-0.2, -0.15) is 0 Å². The van der Waals surface area contributed by atoms with Crippen LogP contribution in [0.15, 0.2) is 9.85 Å². The van der Waals surface area contributed by atoms with Gasteiger partial charge in [0.05, 0.1) is 4.88 Å². The summed E-state index contributed by atoms with van der Waals surface area (Å²) in [5, 5.41) is 1.99. The molecule has 1 aliphatic carbocycles. The zero-order valence-corrected chi connectivity index (χ0v) is 8.46. The fraction of sp³-hybridized carbons (Fsp3) is 0.375. The van der Waals surface area contributed by atoms with Gasteiger partial charge in [0, 0.05) is 15.8 Å². The molecule has 58 valence electrons. The van der Waals surface area contributed by atoms with Crippen LogP contribution < -0.4 is 0 Å². The van der Waals surface area contributed by atoms with Gasteiger partial charge in [0.1, 0.15) is 0 Å². The molecule has 0 bridgehead atoms. The van der Waals surface area contributed by atoms with Gasteiger partial charge >= 0.3 is 0 Å². The molecule has 1 atom stereocenters. The Morgan fingerprint density at radius 2 is 2.45 bits per heavy atom. The second-order valence-corrected chi connectivity index (χ2v) is 4.59. The predicted octanol–water partition coefficient (Wildman–Crippen LogP) is 2.89. The summed E-state index contributed by atoms with van der Waals surface area (Å²) in [4.78, 5) is 12.4. The van der Waals surface area contributed by atoms with Crippen molar-refractivity contribution in [1.29, 1.82) is 0 Å². The molecule has 3 heteroatoms. The van der Waals surface area contributed by atoms with E-state index in [9.17, 15) is 4.79 Å². The Labute approximate surface area is 77.6 Å². The van der Waals surface area contributed by atoms with E-state index in [1.165, 1.54) is 5.56 Å². The van der Waals surface area contributed by atoms with Gasteiger partial charge in [0.2, 0.25) is 0 Å². The lowest BCUT2D eigenvalue weighted by Gasteiger charge is -1.94. The second-order valence-electron chi connectivity index (χ2n) is 2.86. The molecule has 0 N–H and O–H groups in total. The van der Waals surface area contributed by atoms with Crippen molar-refractivity contribution in [2.75, 3.05) is 0 Å². The van der Waals surface area contributed by atoms with Crippen molar-refractivity contribution >= 4 is 33.0 Å². The van der Waals surface area contributed by atoms with Crippen molar-refractivity contribution < 1.29 is 4.79 Å². The standard InChI is InChI=1S/C8H7BrOS/c1-4-2-5-6(9)3-11-8(5)7(4)10/h3-4H,2H2,1H3. The van der Waals surface area contributed by atoms with Crippen molar-refractivity contribution in [3.63, 3.8) is 0 Å². The van der Waals surface area contributed by atoms with Gasteiger partial charge in [-0.1, -0.05) is 6.92 Å². The molecular formula is C8H7BrOS. The van der Waals surface area contributed by atoms with Crippen LogP contribution in [0.25, 0.3) is 0 Å². The van der Waals surface area contributed by atoms with Crippen LogP contribution in [0.5, 0.6) is 0 Å². The van der Waals surface area contributed by atoms with Crippen molar-refractivity contribution in [3.05, 3.63) is 20.3 Å². The van der Waals surface area contributed by atoms with Crippen molar-refractivity contribution in [3.8, 4) is 0 Å². The number of rotatable bonds is 0. The van der Waals surface area contributed by atoms with Gasteiger partial charge in [0.25, 0.3) is 0 Å². The van der Waals surface area contributed by atoms with E-state index in [1.54, 1.807) is 11.3 Å². The van der Waals surface area contributed by atoms with Crippen molar-refractivity contribution in [1.82, 2.24) is 0 Å². The minimum Gasteiger partial charge on any atom is -0.293 e. The largest absolute Gasteiger partial charge is 0.293 e. The smallest absolute Gasteiger partial charge is 0.176 e. The Morgan fingerprint density at radius 3 is 3.09 bits per heavy atom. The van der Waals surface area contributed by atoms with E-state index in [0.717, 1.165) is 15.8 Å². The van der Waals surface area contributed by atoms with Crippen molar-refractivity contribution in [2.24, 2.45) is 5.92 Å². The first-order valence-electron chi connectivity index (χ1n) is 3.50. The first kappa shape index (κ1) is 7.50. The molecule has 11 heavy (non-hydrogen) atoms. The molecular weight excluding hydrogens is 224 g/mol. The molecule has 0 amide bonds. The second kappa shape index (κ2) is 2.42. The number of fused-ring (bicyclic) bond motifs is 1. The maximum Gasteiger partial charge on any atom is 0.176 e.